The van der Waals surface area contributed by atoms with Crippen molar-refractivity contribution in [2.75, 3.05) is 13.2 Å². The first-order valence-electron chi connectivity index (χ1n) is 29.2. The zero-order valence-electron chi connectivity index (χ0n) is 45.8. The minimum Gasteiger partial charge on any atom is -0.454 e. The van der Waals surface area contributed by atoms with Crippen LogP contribution in [0.2, 0.25) is 0 Å². The molecular weight excluding hydrogens is 907 g/mol. The van der Waals surface area contributed by atoms with Gasteiger partial charge in [0, 0.05) is 6.42 Å². The molecule has 0 radical (unpaired) electrons. The van der Waals surface area contributed by atoms with E-state index in [-0.39, 0.29) is 19.4 Å². The van der Waals surface area contributed by atoms with Gasteiger partial charge in [0.2, 0.25) is 5.91 Å². The van der Waals surface area contributed by atoms with Gasteiger partial charge >= 0.3 is 5.97 Å². The number of carbonyl (C=O) groups excluding carboxylic acids is 2. The molecule has 1 saturated heterocycles. The summed E-state index contributed by atoms with van der Waals surface area (Å²) in [6, 6.07) is -1.04. The molecule has 8 atom stereocenters. The molecule has 6 N–H and O–H groups in total. The van der Waals surface area contributed by atoms with Crippen molar-refractivity contribution in [3.8, 4) is 0 Å². The van der Waals surface area contributed by atoms with Gasteiger partial charge in [-0.25, -0.2) is 0 Å². The molecule has 72 heavy (non-hydrogen) atoms. The van der Waals surface area contributed by atoms with Crippen molar-refractivity contribution in [2.24, 2.45) is 0 Å². The van der Waals surface area contributed by atoms with Gasteiger partial charge in [0.25, 0.3) is 0 Å². The van der Waals surface area contributed by atoms with Crippen molar-refractivity contribution < 1.29 is 49.3 Å². The second-order valence-corrected chi connectivity index (χ2v) is 20.0. The van der Waals surface area contributed by atoms with Crippen molar-refractivity contribution in [1.29, 1.82) is 0 Å². The number of hydrogen-bond donors (Lipinski definition) is 6. The molecule has 1 amide bonds. The molecule has 1 fully saturated rings. The van der Waals surface area contributed by atoms with Crippen LogP contribution < -0.4 is 5.32 Å². The van der Waals surface area contributed by atoms with Crippen LogP contribution in [-0.4, -0.2) is 99.6 Å². The number of esters is 1. The van der Waals surface area contributed by atoms with Crippen LogP contribution in [0, 0.1) is 0 Å². The maximum absolute atomic E-state index is 13.3. The lowest BCUT2D eigenvalue weighted by atomic mass is 9.99. The molecule has 0 bridgehead atoms. The Kier molecular flexibility index (Phi) is 45.7. The van der Waals surface area contributed by atoms with Crippen LogP contribution in [0.15, 0.2) is 72.9 Å². The van der Waals surface area contributed by atoms with Crippen LogP contribution in [-0.2, 0) is 23.8 Å². The smallest absolute Gasteiger partial charge is 0.306 e. The van der Waals surface area contributed by atoms with Gasteiger partial charge in [-0.1, -0.05) is 216 Å². The largest absolute Gasteiger partial charge is 0.454 e. The van der Waals surface area contributed by atoms with Gasteiger partial charge in [0.1, 0.15) is 24.4 Å². The van der Waals surface area contributed by atoms with E-state index in [2.05, 4.69) is 86.8 Å². The van der Waals surface area contributed by atoms with Crippen LogP contribution in [0.5, 0.6) is 0 Å². The fraction of sp³-hybridized carbons (Fsp3) is 0.770. The molecule has 1 heterocycles. The first-order valence-corrected chi connectivity index (χ1v) is 29.2. The number of rotatable bonds is 48. The number of hydrogen-bond acceptors (Lipinski definition) is 10. The number of amides is 1. The van der Waals surface area contributed by atoms with E-state index in [4.69, 9.17) is 14.2 Å². The first kappa shape index (κ1) is 67.1. The Hall–Kier alpha value is -2.90. The monoisotopic (exact) mass is 1010 g/mol. The van der Waals surface area contributed by atoms with Crippen molar-refractivity contribution in [3.63, 3.8) is 0 Å². The molecule has 0 aliphatic carbocycles. The van der Waals surface area contributed by atoms with Crippen molar-refractivity contribution in [1.82, 2.24) is 5.32 Å². The Morgan fingerprint density at radius 3 is 1.53 bits per heavy atom. The maximum Gasteiger partial charge on any atom is 0.306 e. The fourth-order valence-corrected chi connectivity index (χ4v) is 8.69. The van der Waals surface area contributed by atoms with E-state index < -0.39 is 67.4 Å². The summed E-state index contributed by atoms with van der Waals surface area (Å²) in [7, 11) is 0. The van der Waals surface area contributed by atoms with Gasteiger partial charge in [-0.05, 0) is 89.9 Å². The predicted octanol–water partition coefficient (Wildman–Crippen LogP) is 13.2. The summed E-state index contributed by atoms with van der Waals surface area (Å²) in [6.07, 6.45) is 50.9. The highest BCUT2D eigenvalue weighted by atomic mass is 16.7. The van der Waals surface area contributed by atoms with E-state index in [1.54, 1.807) is 6.08 Å². The molecule has 0 saturated carbocycles. The number of allylic oxidation sites excluding steroid dienone is 11. The van der Waals surface area contributed by atoms with Crippen LogP contribution >= 0.6 is 0 Å². The highest BCUT2D eigenvalue weighted by Gasteiger charge is 2.47. The molecule has 0 aromatic heterocycles. The fourth-order valence-electron chi connectivity index (χ4n) is 8.69. The average Bonchev–Trinajstić information content (AvgIpc) is 3.38. The molecule has 1 aliphatic heterocycles. The van der Waals surface area contributed by atoms with Crippen LogP contribution in [0.3, 0.4) is 0 Å². The van der Waals surface area contributed by atoms with Crippen LogP contribution in [0.25, 0.3) is 0 Å². The number of carbonyl (C=O) groups is 2. The van der Waals surface area contributed by atoms with Crippen molar-refractivity contribution >= 4 is 11.9 Å². The van der Waals surface area contributed by atoms with E-state index in [1.807, 2.05) is 6.08 Å². The molecule has 0 aromatic rings. The van der Waals surface area contributed by atoms with Crippen molar-refractivity contribution in [3.05, 3.63) is 72.9 Å². The van der Waals surface area contributed by atoms with E-state index >= 15 is 0 Å². The lowest BCUT2D eigenvalue weighted by Gasteiger charge is -2.41. The zero-order chi connectivity index (χ0) is 52.5. The molecule has 11 heteroatoms. The summed E-state index contributed by atoms with van der Waals surface area (Å²) in [5.41, 5.74) is 0. The number of aliphatic hydroxyl groups is 5. The average molecular weight is 1010 g/mol. The lowest BCUT2D eigenvalue weighted by molar-refractivity contribution is -0.305. The molecule has 1 aliphatic rings. The van der Waals surface area contributed by atoms with Crippen LogP contribution in [0.4, 0.5) is 0 Å². The molecular formula is C61H107NO10. The molecule has 416 valence electrons. The predicted molar refractivity (Wildman–Crippen MR) is 296 cm³/mol. The molecule has 0 aromatic carbocycles. The van der Waals surface area contributed by atoms with Gasteiger partial charge in [0.05, 0.1) is 25.4 Å². The molecule has 8 unspecified atom stereocenters. The van der Waals surface area contributed by atoms with E-state index in [9.17, 15) is 35.1 Å². The third-order valence-electron chi connectivity index (χ3n) is 13.3. The molecule has 11 nitrogen and oxygen atoms in total. The third-order valence-corrected chi connectivity index (χ3v) is 13.3. The Morgan fingerprint density at radius 1 is 0.556 bits per heavy atom. The number of nitrogens with one attached hydrogen (secondary N) is 1. The summed E-state index contributed by atoms with van der Waals surface area (Å²) in [6.45, 7) is 5.61. The number of unbranched alkanes of at least 4 members (excludes halogenated alkanes) is 24. The second-order valence-electron chi connectivity index (χ2n) is 20.0. The summed E-state index contributed by atoms with van der Waals surface area (Å²) in [5, 5.41) is 56.8. The number of aliphatic hydroxyl groups excluding tert-OH is 5. The quantitative estimate of drug-likeness (QED) is 0.0195. The SMILES string of the molecule is CC/C=C/C/C=C/C/C=C/CCCCCC(O)C(=O)NC(COC1OC(CO)C(O)C(O)C1OC(=O)CCCCCCCCCCC/C=C\C/C=C\CCCCC)C(O)/C=C/CCCCCCCCCCC. The van der Waals surface area contributed by atoms with E-state index in [0.29, 0.717) is 12.8 Å². The van der Waals surface area contributed by atoms with Crippen molar-refractivity contribution in [2.45, 2.75) is 288 Å². The Morgan fingerprint density at radius 2 is 1.00 bits per heavy atom. The van der Waals surface area contributed by atoms with Crippen LogP contribution in [0.1, 0.15) is 239 Å². The summed E-state index contributed by atoms with van der Waals surface area (Å²) in [4.78, 5) is 26.4. The Labute approximate surface area is 439 Å². The Bertz CT molecular complexity index is 1440. The molecule has 0 spiro atoms. The maximum atomic E-state index is 13.3. The third kappa shape index (κ3) is 36.9. The van der Waals surface area contributed by atoms with Gasteiger partial charge in [-0.15, -0.1) is 0 Å². The highest BCUT2D eigenvalue weighted by molar-refractivity contribution is 5.80. The van der Waals surface area contributed by atoms with Gasteiger partial charge in [0.15, 0.2) is 12.4 Å². The second kappa shape index (κ2) is 49.0. The first-order chi connectivity index (χ1) is 35.2. The summed E-state index contributed by atoms with van der Waals surface area (Å²) in [5.74, 6) is -1.23. The van der Waals surface area contributed by atoms with Gasteiger partial charge in [-0.2, -0.15) is 0 Å². The zero-order valence-corrected chi connectivity index (χ0v) is 45.8. The lowest BCUT2D eigenvalue weighted by Crippen LogP contribution is -2.61. The Balaban J connectivity index is 2.70. The minimum absolute atomic E-state index is 0.113. The van der Waals surface area contributed by atoms with Gasteiger partial charge < -0.3 is 45.1 Å². The summed E-state index contributed by atoms with van der Waals surface area (Å²) >= 11 is 0. The number of ether oxygens (including phenoxy) is 3. The van der Waals surface area contributed by atoms with E-state index in [0.717, 1.165) is 103 Å². The molecule has 1 rings (SSSR count). The van der Waals surface area contributed by atoms with E-state index in [1.165, 1.54) is 89.9 Å². The summed E-state index contributed by atoms with van der Waals surface area (Å²) < 4.78 is 17.6. The highest BCUT2D eigenvalue weighted by Crippen LogP contribution is 2.26. The van der Waals surface area contributed by atoms with Gasteiger partial charge in [-0.3, -0.25) is 9.59 Å². The normalized spacial score (nSPS) is 20.0. The topological polar surface area (TPSA) is 175 Å². The minimum atomic E-state index is -1.62. The standard InChI is InChI=1S/C61H107NO10/c1-4-7-10-13-16-19-22-24-25-26-27-28-29-31-34-37-40-43-46-49-56(66)72-59-58(68)57(67)55(50-63)71-61(59)70-51-52(53(64)47-44-41-38-35-32-21-18-15-12-9-6-3)62-60(69)54(65)48-45-42-39-36-33-30-23-20-17-14-11-8-5-2/h8,11,16-17,19-20,24-25,30,33,44,47,52-55,57-59,61,63-65,67-68H,4-7,9-10,12-15,18,21-23,26-29,31-32,34-43,45-46,48-51H2,1-3H3,(H,62,69)/b11-8+,19-16-,20-17+,25-24-,33-30+,47-44+.